The van der Waals surface area contributed by atoms with Crippen LogP contribution in [0.5, 0.6) is 0 Å². The largest absolute Gasteiger partial charge is 0.361 e. The van der Waals surface area contributed by atoms with E-state index in [-0.39, 0.29) is 11.8 Å². The average molecular weight is 347 g/mol. The molecule has 1 saturated heterocycles. The number of carbonyl (C=O) groups is 2. The van der Waals surface area contributed by atoms with Gasteiger partial charge in [0.2, 0.25) is 11.8 Å². The number of benzene rings is 2. The van der Waals surface area contributed by atoms with Crippen LogP contribution in [-0.2, 0) is 16.0 Å². The second kappa shape index (κ2) is 7.04. The van der Waals surface area contributed by atoms with Crippen LogP contribution in [0.2, 0.25) is 0 Å². The van der Waals surface area contributed by atoms with E-state index < -0.39 is 6.04 Å². The first kappa shape index (κ1) is 16.4. The Hall–Kier alpha value is -3.08. The topological polar surface area (TPSA) is 65.2 Å². The Labute approximate surface area is 152 Å². The molecule has 5 nitrogen and oxygen atoms in total. The zero-order valence-electron chi connectivity index (χ0n) is 14.4. The van der Waals surface area contributed by atoms with Crippen LogP contribution in [-0.4, -0.2) is 34.3 Å². The predicted molar refractivity (Wildman–Crippen MR) is 102 cm³/mol. The minimum atomic E-state index is -0.398. The van der Waals surface area contributed by atoms with Crippen LogP contribution >= 0.6 is 0 Å². The molecule has 2 amide bonds. The maximum Gasteiger partial charge on any atom is 0.247 e. The molecule has 3 aromatic rings. The number of hydrogen-bond donors (Lipinski definition) is 2. The number of nitrogens with zero attached hydrogens (tertiary/aromatic N) is 1. The van der Waals surface area contributed by atoms with Gasteiger partial charge in [0.05, 0.1) is 6.42 Å². The molecule has 0 radical (unpaired) electrons. The molecule has 1 fully saturated rings. The molecule has 132 valence electrons. The SMILES string of the molecule is O=C(Nc1ccc2cc[nH]c2c1)[C@H]1CCCN1C(=O)Cc1ccccc1. The van der Waals surface area contributed by atoms with Gasteiger partial charge in [0.1, 0.15) is 6.04 Å². The summed E-state index contributed by atoms with van der Waals surface area (Å²) in [6.07, 6.45) is 3.77. The molecule has 0 spiro atoms. The third kappa shape index (κ3) is 3.33. The summed E-state index contributed by atoms with van der Waals surface area (Å²) >= 11 is 0. The highest BCUT2D eigenvalue weighted by atomic mass is 16.2. The predicted octanol–water partition coefficient (Wildman–Crippen LogP) is 3.34. The zero-order valence-corrected chi connectivity index (χ0v) is 14.4. The fraction of sp³-hybridized carbons (Fsp3) is 0.238. The van der Waals surface area contributed by atoms with Gasteiger partial charge in [-0.3, -0.25) is 9.59 Å². The van der Waals surface area contributed by atoms with Gasteiger partial charge in [0.25, 0.3) is 0 Å². The van der Waals surface area contributed by atoms with Crippen molar-refractivity contribution in [1.29, 1.82) is 0 Å². The van der Waals surface area contributed by atoms with Gasteiger partial charge in [-0.25, -0.2) is 0 Å². The van der Waals surface area contributed by atoms with Crippen molar-refractivity contribution in [2.24, 2.45) is 0 Å². The Balaban J connectivity index is 1.45. The summed E-state index contributed by atoms with van der Waals surface area (Å²) < 4.78 is 0. The maximum atomic E-state index is 12.7. The molecule has 0 bridgehead atoms. The van der Waals surface area contributed by atoms with Crippen molar-refractivity contribution in [1.82, 2.24) is 9.88 Å². The average Bonchev–Trinajstić information content (AvgIpc) is 3.31. The van der Waals surface area contributed by atoms with Gasteiger partial charge in [0.15, 0.2) is 0 Å². The quantitative estimate of drug-likeness (QED) is 0.760. The Kier molecular flexibility index (Phi) is 4.44. The number of amides is 2. The second-order valence-electron chi connectivity index (χ2n) is 6.68. The monoisotopic (exact) mass is 347 g/mol. The highest BCUT2D eigenvalue weighted by molar-refractivity contribution is 5.99. The van der Waals surface area contributed by atoms with Gasteiger partial charge in [-0.05, 0) is 42.0 Å². The Morgan fingerprint density at radius 3 is 2.81 bits per heavy atom. The third-order valence-electron chi connectivity index (χ3n) is 4.90. The van der Waals surface area contributed by atoms with Gasteiger partial charge >= 0.3 is 0 Å². The number of aromatic amines is 1. The Bertz CT molecular complexity index is 933. The van der Waals surface area contributed by atoms with Gasteiger partial charge in [-0.2, -0.15) is 0 Å². The summed E-state index contributed by atoms with van der Waals surface area (Å²) in [6.45, 7) is 0.638. The molecule has 1 aliphatic heterocycles. The Morgan fingerprint density at radius 2 is 1.96 bits per heavy atom. The number of hydrogen-bond acceptors (Lipinski definition) is 2. The van der Waals surface area contributed by atoms with E-state index in [1.165, 1.54) is 0 Å². The number of H-pyrrole nitrogens is 1. The summed E-state index contributed by atoms with van der Waals surface area (Å²) in [5.41, 5.74) is 2.69. The molecular formula is C21H21N3O2. The van der Waals surface area contributed by atoms with Crippen molar-refractivity contribution in [3.63, 3.8) is 0 Å². The highest BCUT2D eigenvalue weighted by Crippen LogP contribution is 2.22. The summed E-state index contributed by atoms with van der Waals surface area (Å²) in [6, 6.07) is 17.0. The van der Waals surface area contributed by atoms with Crippen LogP contribution in [0.1, 0.15) is 18.4 Å². The number of likely N-dealkylation sites (tertiary alicyclic amines) is 1. The van der Waals surface area contributed by atoms with Crippen LogP contribution < -0.4 is 5.32 Å². The number of fused-ring (bicyclic) bond motifs is 1. The van der Waals surface area contributed by atoms with Gasteiger partial charge in [-0.1, -0.05) is 36.4 Å². The highest BCUT2D eigenvalue weighted by Gasteiger charge is 2.33. The molecule has 2 N–H and O–H groups in total. The lowest BCUT2D eigenvalue weighted by atomic mass is 10.1. The lowest BCUT2D eigenvalue weighted by Gasteiger charge is -2.24. The fourth-order valence-corrected chi connectivity index (χ4v) is 3.56. The molecule has 2 aromatic carbocycles. The second-order valence-corrected chi connectivity index (χ2v) is 6.68. The number of aromatic nitrogens is 1. The summed E-state index contributed by atoms with van der Waals surface area (Å²) in [7, 11) is 0. The Morgan fingerprint density at radius 1 is 1.12 bits per heavy atom. The van der Waals surface area contributed by atoms with E-state index >= 15 is 0 Å². The molecule has 4 rings (SSSR count). The first-order valence-electron chi connectivity index (χ1n) is 8.92. The van der Waals surface area contributed by atoms with Crippen molar-refractivity contribution in [3.8, 4) is 0 Å². The smallest absolute Gasteiger partial charge is 0.247 e. The van der Waals surface area contributed by atoms with E-state index in [9.17, 15) is 9.59 Å². The van der Waals surface area contributed by atoms with Crippen LogP contribution in [0.3, 0.4) is 0 Å². The molecule has 0 unspecified atom stereocenters. The van der Waals surface area contributed by atoms with E-state index in [1.807, 2.05) is 60.8 Å². The minimum absolute atomic E-state index is 0.00803. The number of anilines is 1. The maximum absolute atomic E-state index is 12.7. The molecule has 2 heterocycles. The van der Waals surface area contributed by atoms with Crippen LogP contribution in [0.15, 0.2) is 60.8 Å². The summed E-state index contributed by atoms with van der Waals surface area (Å²) in [5.74, 6) is -0.108. The van der Waals surface area contributed by atoms with Crippen molar-refractivity contribution >= 4 is 28.4 Å². The van der Waals surface area contributed by atoms with E-state index in [1.54, 1.807) is 4.90 Å². The third-order valence-corrected chi connectivity index (χ3v) is 4.90. The first-order chi connectivity index (χ1) is 12.7. The summed E-state index contributed by atoms with van der Waals surface area (Å²) in [4.78, 5) is 30.3. The van der Waals surface area contributed by atoms with Crippen LogP contribution in [0.4, 0.5) is 5.69 Å². The van der Waals surface area contributed by atoms with Crippen LogP contribution in [0, 0.1) is 0 Å². The normalized spacial score (nSPS) is 16.8. The van der Waals surface area contributed by atoms with E-state index in [4.69, 9.17) is 0 Å². The minimum Gasteiger partial charge on any atom is -0.361 e. The molecule has 1 aliphatic rings. The van der Waals surface area contributed by atoms with Gasteiger partial charge in [0, 0.05) is 23.9 Å². The molecule has 1 aromatic heterocycles. The van der Waals surface area contributed by atoms with Crippen LogP contribution in [0.25, 0.3) is 10.9 Å². The van der Waals surface area contributed by atoms with E-state index in [2.05, 4.69) is 10.3 Å². The molecule has 0 aliphatic carbocycles. The standard InChI is InChI=1S/C21H21N3O2/c25-20(13-15-5-2-1-3-6-15)24-12-4-7-19(24)21(26)23-17-9-8-16-10-11-22-18(16)14-17/h1-3,5-6,8-11,14,19,22H,4,7,12-13H2,(H,23,26)/t19-/m1/s1. The zero-order chi connectivity index (χ0) is 17.9. The molecular weight excluding hydrogens is 326 g/mol. The number of nitrogens with one attached hydrogen (secondary N) is 2. The van der Waals surface area contributed by atoms with Crippen molar-refractivity contribution in [2.45, 2.75) is 25.3 Å². The van der Waals surface area contributed by atoms with Gasteiger partial charge < -0.3 is 15.2 Å². The number of rotatable bonds is 4. The first-order valence-corrected chi connectivity index (χ1v) is 8.92. The molecule has 1 atom stereocenters. The fourth-order valence-electron chi connectivity index (χ4n) is 3.56. The van der Waals surface area contributed by atoms with Crippen molar-refractivity contribution in [2.75, 3.05) is 11.9 Å². The van der Waals surface area contributed by atoms with Gasteiger partial charge in [-0.15, -0.1) is 0 Å². The van der Waals surface area contributed by atoms with E-state index in [0.29, 0.717) is 19.4 Å². The molecule has 5 heteroatoms. The van der Waals surface area contributed by atoms with Crippen molar-refractivity contribution in [3.05, 3.63) is 66.4 Å². The molecule has 26 heavy (non-hydrogen) atoms. The van der Waals surface area contributed by atoms with E-state index in [0.717, 1.165) is 28.6 Å². The van der Waals surface area contributed by atoms with Crippen molar-refractivity contribution < 1.29 is 9.59 Å². The summed E-state index contributed by atoms with van der Waals surface area (Å²) in [5, 5.41) is 4.06. The number of carbonyl (C=O) groups excluding carboxylic acids is 2. The lowest BCUT2D eigenvalue weighted by Crippen LogP contribution is -2.43. The molecule has 0 saturated carbocycles. The lowest BCUT2D eigenvalue weighted by molar-refractivity contribution is -0.136.